The Morgan fingerprint density at radius 1 is 1.11 bits per heavy atom. The molecule has 3 aromatic rings. The van der Waals surface area contributed by atoms with Crippen LogP contribution in [0.1, 0.15) is 35.7 Å². The van der Waals surface area contributed by atoms with Crippen molar-refractivity contribution in [2.45, 2.75) is 19.8 Å². The summed E-state index contributed by atoms with van der Waals surface area (Å²) in [5.74, 6) is 0.461. The molecule has 0 unspecified atom stereocenters. The molecule has 0 bridgehead atoms. The van der Waals surface area contributed by atoms with Crippen LogP contribution in [0.5, 0.6) is 5.75 Å². The van der Waals surface area contributed by atoms with E-state index in [-0.39, 0.29) is 5.91 Å². The van der Waals surface area contributed by atoms with E-state index in [0.29, 0.717) is 17.2 Å². The van der Waals surface area contributed by atoms with Crippen molar-refractivity contribution in [1.82, 2.24) is 5.43 Å². The molecule has 1 amide bonds. The molecule has 0 aliphatic heterocycles. The summed E-state index contributed by atoms with van der Waals surface area (Å²) in [5.41, 5.74) is 3.90. The average molecular weight is 381 g/mol. The van der Waals surface area contributed by atoms with E-state index in [2.05, 4.69) is 17.5 Å². The number of halogens is 1. The van der Waals surface area contributed by atoms with Crippen molar-refractivity contribution in [2.75, 3.05) is 6.61 Å². The van der Waals surface area contributed by atoms with Crippen molar-refractivity contribution in [3.63, 3.8) is 0 Å². The highest BCUT2D eigenvalue weighted by atomic mass is 35.5. The number of amides is 1. The maximum atomic E-state index is 12.2. The molecule has 0 radical (unpaired) electrons. The number of benzene rings is 3. The Balaban J connectivity index is 1.83. The molecule has 3 rings (SSSR count). The summed E-state index contributed by atoms with van der Waals surface area (Å²) in [6.07, 6.45) is 3.68. The highest BCUT2D eigenvalue weighted by Gasteiger charge is 2.08. The predicted octanol–water partition coefficient (Wildman–Crippen LogP) is 5.44. The van der Waals surface area contributed by atoms with Crippen LogP contribution in [0.3, 0.4) is 0 Å². The van der Waals surface area contributed by atoms with Gasteiger partial charge in [-0.1, -0.05) is 55.3 Å². The number of nitrogens with zero attached hydrogens (tertiary/aromatic N) is 1. The Hall–Kier alpha value is -2.85. The fourth-order valence-electron chi connectivity index (χ4n) is 2.68. The van der Waals surface area contributed by atoms with Gasteiger partial charge in [0.1, 0.15) is 5.75 Å². The molecule has 0 atom stereocenters. The fourth-order valence-corrected chi connectivity index (χ4v) is 2.81. The van der Waals surface area contributed by atoms with E-state index >= 15 is 0 Å². The van der Waals surface area contributed by atoms with Gasteiger partial charge in [-0.25, -0.2) is 5.43 Å². The smallest absolute Gasteiger partial charge is 0.271 e. The second kappa shape index (κ2) is 9.19. The minimum absolute atomic E-state index is 0.295. The average Bonchev–Trinajstić information content (AvgIpc) is 2.69. The van der Waals surface area contributed by atoms with Gasteiger partial charge in [-0.3, -0.25) is 4.79 Å². The first-order chi connectivity index (χ1) is 13.2. The van der Waals surface area contributed by atoms with Gasteiger partial charge in [-0.05, 0) is 47.5 Å². The number of hydrazone groups is 1. The standard InChI is InChI=1S/C22H21ClN2O2/c1-2-3-14-27-21-13-10-16-6-4-5-7-19(16)20(21)15-24-25-22(26)17-8-11-18(23)12-9-17/h4-13,15H,2-3,14H2,1H3,(H,25,26)/b24-15+. The monoisotopic (exact) mass is 380 g/mol. The summed E-state index contributed by atoms with van der Waals surface area (Å²) in [5, 5.41) is 6.84. The summed E-state index contributed by atoms with van der Waals surface area (Å²) in [6.45, 7) is 2.77. The van der Waals surface area contributed by atoms with Crippen LogP contribution in [0, 0.1) is 0 Å². The lowest BCUT2D eigenvalue weighted by Crippen LogP contribution is -2.17. The van der Waals surface area contributed by atoms with Crippen LogP contribution in [0.15, 0.2) is 65.8 Å². The van der Waals surface area contributed by atoms with Crippen LogP contribution in [0.25, 0.3) is 10.8 Å². The van der Waals surface area contributed by atoms with Crippen molar-refractivity contribution < 1.29 is 9.53 Å². The largest absolute Gasteiger partial charge is 0.493 e. The molecular weight excluding hydrogens is 360 g/mol. The highest BCUT2D eigenvalue weighted by Crippen LogP contribution is 2.27. The Kier molecular flexibility index (Phi) is 6.44. The minimum atomic E-state index is -0.295. The quantitative estimate of drug-likeness (QED) is 0.337. The molecular formula is C22H21ClN2O2. The van der Waals surface area contributed by atoms with Gasteiger partial charge >= 0.3 is 0 Å². The van der Waals surface area contributed by atoms with Gasteiger partial charge in [-0.15, -0.1) is 0 Å². The summed E-state index contributed by atoms with van der Waals surface area (Å²) < 4.78 is 5.92. The predicted molar refractivity (Wildman–Crippen MR) is 111 cm³/mol. The number of unbranched alkanes of at least 4 members (excludes halogenated alkanes) is 1. The van der Waals surface area contributed by atoms with Crippen molar-refractivity contribution in [1.29, 1.82) is 0 Å². The van der Waals surface area contributed by atoms with E-state index in [1.807, 2.05) is 36.4 Å². The zero-order valence-electron chi connectivity index (χ0n) is 15.1. The lowest BCUT2D eigenvalue weighted by molar-refractivity contribution is 0.0955. The molecule has 27 heavy (non-hydrogen) atoms. The van der Waals surface area contributed by atoms with Gasteiger partial charge < -0.3 is 4.74 Å². The van der Waals surface area contributed by atoms with E-state index in [1.165, 1.54) is 0 Å². The molecule has 5 heteroatoms. The number of hydrogen-bond acceptors (Lipinski definition) is 3. The third kappa shape index (κ3) is 4.86. The minimum Gasteiger partial charge on any atom is -0.493 e. The van der Waals surface area contributed by atoms with Crippen LogP contribution in [0.4, 0.5) is 0 Å². The zero-order valence-corrected chi connectivity index (χ0v) is 15.9. The number of hydrogen-bond donors (Lipinski definition) is 1. The Labute approximate surface area is 163 Å². The number of carbonyl (C=O) groups is 1. The molecule has 0 spiro atoms. The molecule has 1 N–H and O–H groups in total. The van der Waals surface area contributed by atoms with Crippen LogP contribution >= 0.6 is 11.6 Å². The first kappa shape index (κ1) is 18.9. The molecule has 0 aliphatic carbocycles. The highest BCUT2D eigenvalue weighted by molar-refractivity contribution is 6.30. The van der Waals surface area contributed by atoms with Gasteiger partial charge in [0.25, 0.3) is 5.91 Å². The summed E-state index contributed by atoms with van der Waals surface area (Å²) in [7, 11) is 0. The van der Waals surface area contributed by atoms with Crippen molar-refractivity contribution in [3.05, 3.63) is 76.8 Å². The maximum absolute atomic E-state index is 12.2. The van der Waals surface area contributed by atoms with E-state index in [0.717, 1.165) is 34.9 Å². The lowest BCUT2D eigenvalue weighted by Gasteiger charge is -2.11. The van der Waals surface area contributed by atoms with Crippen molar-refractivity contribution in [2.24, 2.45) is 5.10 Å². The number of nitrogens with one attached hydrogen (secondary N) is 1. The van der Waals surface area contributed by atoms with Gasteiger partial charge in [0, 0.05) is 16.1 Å². The van der Waals surface area contributed by atoms with Gasteiger partial charge in [0.15, 0.2) is 0 Å². The molecule has 0 saturated carbocycles. The first-order valence-electron chi connectivity index (χ1n) is 8.92. The zero-order chi connectivity index (χ0) is 19.1. The van der Waals surface area contributed by atoms with Crippen LogP contribution < -0.4 is 10.2 Å². The Morgan fingerprint density at radius 2 is 1.89 bits per heavy atom. The summed E-state index contributed by atoms with van der Waals surface area (Å²) in [4.78, 5) is 12.2. The van der Waals surface area contributed by atoms with Gasteiger partial charge in [0.2, 0.25) is 0 Å². The molecule has 0 heterocycles. The number of rotatable bonds is 7. The number of fused-ring (bicyclic) bond motifs is 1. The van der Waals surface area contributed by atoms with Crippen LogP contribution in [-0.4, -0.2) is 18.7 Å². The van der Waals surface area contributed by atoms with Crippen molar-refractivity contribution in [3.8, 4) is 5.75 Å². The van der Waals surface area contributed by atoms with Crippen molar-refractivity contribution >= 4 is 34.5 Å². The lowest BCUT2D eigenvalue weighted by atomic mass is 10.0. The van der Waals surface area contributed by atoms with E-state index in [4.69, 9.17) is 16.3 Å². The normalized spacial score (nSPS) is 11.0. The van der Waals surface area contributed by atoms with E-state index in [1.54, 1.807) is 30.5 Å². The van der Waals surface area contributed by atoms with Gasteiger partial charge in [0.05, 0.1) is 12.8 Å². The Morgan fingerprint density at radius 3 is 2.67 bits per heavy atom. The number of ether oxygens (including phenoxy) is 1. The van der Waals surface area contributed by atoms with E-state index < -0.39 is 0 Å². The Bertz CT molecular complexity index is 952. The third-order valence-electron chi connectivity index (χ3n) is 4.15. The molecule has 4 nitrogen and oxygen atoms in total. The molecule has 0 aromatic heterocycles. The maximum Gasteiger partial charge on any atom is 0.271 e. The third-order valence-corrected chi connectivity index (χ3v) is 4.40. The topological polar surface area (TPSA) is 50.7 Å². The second-order valence-electron chi connectivity index (χ2n) is 6.11. The summed E-state index contributed by atoms with van der Waals surface area (Å²) in [6, 6.07) is 18.6. The molecule has 3 aromatic carbocycles. The van der Waals surface area contributed by atoms with Gasteiger partial charge in [-0.2, -0.15) is 5.10 Å². The van der Waals surface area contributed by atoms with E-state index in [9.17, 15) is 4.79 Å². The molecule has 0 saturated heterocycles. The van der Waals surface area contributed by atoms with Crippen LogP contribution in [0.2, 0.25) is 5.02 Å². The first-order valence-corrected chi connectivity index (χ1v) is 9.30. The summed E-state index contributed by atoms with van der Waals surface area (Å²) >= 11 is 5.85. The molecule has 138 valence electrons. The second-order valence-corrected chi connectivity index (χ2v) is 6.54. The molecule has 0 aliphatic rings. The SMILES string of the molecule is CCCCOc1ccc2ccccc2c1/C=N/NC(=O)c1ccc(Cl)cc1. The fraction of sp³-hybridized carbons (Fsp3) is 0.182. The van der Waals surface area contributed by atoms with Crippen LogP contribution in [-0.2, 0) is 0 Å². The number of carbonyl (C=O) groups excluding carboxylic acids is 1. The molecule has 0 fully saturated rings.